The van der Waals surface area contributed by atoms with E-state index in [0.29, 0.717) is 5.02 Å². The van der Waals surface area contributed by atoms with Crippen LogP contribution in [0.15, 0.2) is 34.8 Å². The molecule has 8 heteroatoms. The molecule has 0 fully saturated rings. The zero-order valence-electron chi connectivity index (χ0n) is 9.57. The van der Waals surface area contributed by atoms with Gasteiger partial charge >= 0.3 is 5.69 Å². The van der Waals surface area contributed by atoms with Crippen molar-refractivity contribution in [3.05, 3.63) is 60.0 Å². The van der Waals surface area contributed by atoms with Gasteiger partial charge in [0.25, 0.3) is 0 Å². The zero-order valence-corrected chi connectivity index (χ0v) is 13.4. The van der Waals surface area contributed by atoms with Crippen molar-refractivity contribution < 1.29 is 9.66 Å². The minimum Gasteiger partial charge on any atom is -0.448 e. The van der Waals surface area contributed by atoms with Crippen LogP contribution in [-0.4, -0.2) is 4.92 Å². The van der Waals surface area contributed by atoms with Gasteiger partial charge in [-0.3, -0.25) is 10.1 Å². The van der Waals surface area contributed by atoms with Crippen molar-refractivity contribution in [3.8, 4) is 11.5 Å². The molecule has 0 amide bonds. The molecular weight excluding hydrogens is 392 g/mol. The first-order chi connectivity index (χ1) is 9.38. The van der Waals surface area contributed by atoms with E-state index in [4.69, 9.17) is 39.5 Å². The molecule has 0 N–H and O–H groups in total. The number of nitrogens with zero attached hydrogens (tertiary/aromatic N) is 1. The predicted octanol–water partition coefficient (Wildman–Crippen LogP) is 6.11. The molecule has 2 rings (SSSR count). The van der Waals surface area contributed by atoms with E-state index in [9.17, 15) is 10.1 Å². The van der Waals surface area contributed by atoms with Gasteiger partial charge < -0.3 is 4.74 Å². The van der Waals surface area contributed by atoms with Crippen molar-refractivity contribution >= 4 is 56.4 Å². The van der Waals surface area contributed by atoms with Crippen LogP contribution in [0, 0.1) is 10.1 Å². The Hall–Kier alpha value is -1.01. The molecule has 2 aromatic rings. The van der Waals surface area contributed by atoms with E-state index >= 15 is 0 Å². The van der Waals surface area contributed by atoms with Gasteiger partial charge in [0, 0.05) is 16.6 Å². The highest BCUT2D eigenvalue weighted by Crippen LogP contribution is 2.40. The average Bonchev–Trinajstić information content (AvgIpc) is 2.37. The molecule has 0 radical (unpaired) electrons. The maximum Gasteiger partial charge on any atom is 0.313 e. The third-order valence-electron chi connectivity index (χ3n) is 2.31. The molecule has 20 heavy (non-hydrogen) atoms. The molecule has 0 saturated carbocycles. The van der Waals surface area contributed by atoms with Crippen molar-refractivity contribution in [2.24, 2.45) is 0 Å². The molecule has 0 spiro atoms. The highest BCUT2D eigenvalue weighted by molar-refractivity contribution is 9.10. The Morgan fingerprint density at radius 2 is 1.65 bits per heavy atom. The molecular formula is C12H5BrCl3NO3. The fourth-order valence-electron chi connectivity index (χ4n) is 1.42. The average molecular weight is 397 g/mol. The summed E-state index contributed by atoms with van der Waals surface area (Å²) in [6.45, 7) is 0. The summed E-state index contributed by atoms with van der Waals surface area (Å²) in [5, 5.41) is 11.5. The van der Waals surface area contributed by atoms with Crippen LogP contribution in [0.1, 0.15) is 0 Å². The van der Waals surface area contributed by atoms with Crippen LogP contribution in [0.25, 0.3) is 0 Å². The van der Waals surface area contributed by atoms with Crippen LogP contribution in [0.4, 0.5) is 5.69 Å². The fourth-order valence-corrected chi connectivity index (χ4v) is 2.22. The van der Waals surface area contributed by atoms with Gasteiger partial charge in [0.2, 0.25) is 5.75 Å². The minimum atomic E-state index is -0.608. The molecule has 0 saturated heterocycles. The first-order valence-corrected chi connectivity index (χ1v) is 7.07. The Morgan fingerprint density at radius 1 is 1.00 bits per heavy atom. The number of nitro groups is 1. The van der Waals surface area contributed by atoms with Gasteiger partial charge in [-0.2, -0.15) is 0 Å². The minimum absolute atomic E-state index is 0.0376. The van der Waals surface area contributed by atoms with Crippen LogP contribution in [0.5, 0.6) is 11.5 Å². The predicted molar refractivity (Wildman–Crippen MR) is 82.3 cm³/mol. The lowest BCUT2D eigenvalue weighted by molar-refractivity contribution is -0.385. The Balaban J connectivity index is 2.50. The molecule has 0 unspecified atom stereocenters. The van der Waals surface area contributed by atoms with Crippen LogP contribution >= 0.6 is 50.7 Å². The van der Waals surface area contributed by atoms with Gasteiger partial charge in [0.1, 0.15) is 5.75 Å². The Morgan fingerprint density at radius 3 is 2.30 bits per heavy atom. The lowest BCUT2D eigenvalue weighted by Crippen LogP contribution is -1.94. The topological polar surface area (TPSA) is 52.4 Å². The van der Waals surface area contributed by atoms with Gasteiger partial charge in [0.05, 0.1) is 20.0 Å². The molecule has 0 aliphatic rings. The molecule has 0 aromatic heterocycles. The van der Waals surface area contributed by atoms with E-state index in [1.54, 1.807) is 18.2 Å². The molecule has 0 atom stereocenters. The number of ether oxygens (including phenoxy) is 1. The number of hydrogen-bond donors (Lipinski definition) is 0. The maximum atomic E-state index is 11.0. The number of nitro benzene ring substituents is 1. The summed E-state index contributed by atoms with van der Waals surface area (Å²) in [4.78, 5) is 10.4. The second-order valence-electron chi connectivity index (χ2n) is 3.67. The van der Waals surface area contributed by atoms with Crippen LogP contribution < -0.4 is 4.74 Å². The van der Waals surface area contributed by atoms with E-state index < -0.39 is 4.92 Å². The van der Waals surface area contributed by atoms with Crippen molar-refractivity contribution in [2.75, 3.05) is 0 Å². The zero-order chi connectivity index (χ0) is 14.9. The van der Waals surface area contributed by atoms with Gasteiger partial charge in [-0.15, -0.1) is 0 Å². The highest BCUT2D eigenvalue weighted by Gasteiger charge is 2.20. The van der Waals surface area contributed by atoms with Gasteiger partial charge in [-0.25, -0.2) is 0 Å². The van der Waals surface area contributed by atoms with Crippen LogP contribution in [-0.2, 0) is 0 Å². The van der Waals surface area contributed by atoms with E-state index in [2.05, 4.69) is 15.9 Å². The SMILES string of the molecule is O=[N+]([O-])c1cc(Cl)c(Cl)cc1Oc1cc(Br)ccc1Cl. The van der Waals surface area contributed by atoms with Crippen LogP contribution in [0.2, 0.25) is 15.1 Å². The number of halogens is 4. The Bertz CT molecular complexity index is 694. The van der Waals surface area contributed by atoms with Crippen molar-refractivity contribution in [1.82, 2.24) is 0 Å². The third-order valence-corrected chi connectivity index (χ3v) is 3.84. The molecule has 4 nitrogen and oxygen atoms in total. The highest BCUT2D eigenvalue weighted by atomic mass is 79.9. The lowest BCUT2D eigenvalue weighted by Gasteiger charge is -2.09. The molecule has 0 aliphatic heterocycles. The molecule has 0 aliphatic carbocycles. The second-order valence-corrected chi connectivity index (χ2v) is 5.81. The first kappa shape index (κ1) is 15.4. The number of rotatable bonds is 3. The summed E-state index contributed by atoms with van der Waals surface area (Å²) in [6.07, 6.45) is 0. The molecule has 0 heterocycles. The summed E-state index contributed by atoms with van der Waals surface area (Å²) in [5.74, 6) is 0.229. The van der Waals surface area contributed by atoms with E-state index in [-0.39, 0.29) is 27.2 Å². The number of hydrogen-bond acceptors (Lipinski definition) is 3. The smallest absolute Gasteiger partial charge is 0.313 e. The summed E-state index contributed by atoms with van der Waals surface area (Å²) >= 11 is 20.9. The Kier molecular flexibility index (Phi) is 4.75. The lowest BCUT2D eigenvalue weighted by atomic mass is 10.3. The van der Waals surface area contributed by atoms with Crippen LogP contribution in [0.3, 0.4) is 0 Å². The summed E-state index contributed by atoms with van der Waals surface area (Å²) in [6, 6.07) is 7.32. The van der Waals surface area contributed by atoms with E-state index in [0.717, 1.165) is 10.5 Å². The molecule has 2 aromatic carbocycles. The van der Waals surface area contributed by atoms with E-state index in [1.165, 1.54) is 6.07 Å². The van der Waals surface area contributed by atoms with Gasteiger partial charge in [0.15, 0.2) is 0 Å². The quantitative estimate of drug-likeness (QED) is 0.464. The second kappa shape index (κ2) is 6.18. The standard InChI is InChI=1S/C12H5BrCl3NO3/c13-6-1-2-7(14)11(3-6)20-12-5-9(16)8(15)4-10(12)17(18)19/h1-5H. The third kappa shape index (κ3) is 3.35. The van der Waals surface area contributed by atoms with Crippen molar-refractivity contribution in [2.45, 2.75) is 0 Å². The van der Waals surface area contributed by atoms with Crippen molar-refractivity contribution in [1.29, 1.82) is 0 Å². The monoisotopic (exact) mass is 395 g/mol. The summed E-state index contributed by atoms with van der Waals surface area (Å²) < 4.78 is 6.19. The van der Waals surface area contributed by atoms with Crippen molar-refractivity contribution in [3.63, 3.8) is 0 Å². The van der Waals surface area contributed by atoms with Gasteiger partial charge in [-0.1, -0.05) is 50.7 Å². The molecule has 104 valence electrons. The van der Waals surface area contributed by atoms with E-state index in [1.807, 2.05) is 0 Å². The first-order valence-electron chi connectivity index (χ1n) is 5.15. The summed E-state index contributed by atoms with van der Waals surface area (Å²) in [5.41, 5.74) is -0.296. The number of benzene rings is 2. The fraction of sp³-hybridized carbons (Fsp3) is 0. The van der Waals surface area contributed by atoms with Gasteiger partial charge in [-0.05, 0) is 18.2 Å². The maximum absolute atomic E-state index is 11.0. The summed E-state index contributed by atoms with van der Waals surface area (Å²) in [7, 11) is 0. The normalized spacial score (nSPS) is 10.4. The Labute approximate surface area is 137 Å². The molecule has 0 bridgehead atoms. The largest absolute Gasteiger partial charge is 0.448 e.